The monoisotopic (exact) mass is 280 g/mol. The van der Waals surface area contributed by atoms with Gasteiger partial charge in [0.1, 0.15) is 5.75 Å². The van der Waals surface area contributed by atoms with Crippen LogP contribution in [-0.4, -0.2) is 56.6 Å². The smallest absolute Gasteiger partial charge is 0.123 e. The van der Waals surface area contributed by atoms with Crippen LogP contribution >= 0.6 is 0 Å². The molecule has 1 aliphatic heterocycles. The summed E-state index contributed by atoms with van der Waals surface area (Å²) < 4.78 is 10.8. The van der Waals surface area contributed by atoms with E-state index < -0.39 is 0 Å². The number of aliphatic hydroxyl groups excluding tert-OH is 1. The first-order valence-electron chi connectivity index (χ1n) is 7.11. The van der Waals surface area contributed by atoms with Gasteiger partial charge in [0, 0.05) is 38.3 Å². The van der Waals surface area contributed by atoms with Gasteiger partial charge in [-0.25, -0.2) is 0 Å². The molecule has 0 spiro atoms. The number of rotatable bonds is 7. The van der Waals surface area contributed by atoms with Crippen molar-refractivity contribution in [3.8, 4) is 5.75 Å². The number of hydrogen-bond donors (Lipinski definition) is 2. The Morgan fingerprint density at radius 1 is 1.35 bits per heavy atom. The molecule has 0 atom stereocenters. The highest BCUT2D eigenvalue weighted by atomic mass is 16.5. The summed E-state index contributed by atoms with van der Waals surface area (Å²) in [4.78, 5) is 2.38. The molecular formula is C15H24N2O3. The normalized spacial score (nSPS) is 16.3. The lowest BCUT2D eigenvalue weighted by Crippen LogP contribution is -2.35. The van der Waals surface area contributed by atoms with Gasteiger partial charge >= 0.3 is 0 Å². The van der Waals surface area contributed by atoms with Crippen LogP contribution in [0.2, 0.25) is 0 Å². The van der Waals surface area contributed by atoms with Crippen LogP contribution in [0.25, 0.3) is 0 Å². The predicted molar refractivity (Wildman–Crippen MR) is 77.9 cm³/mol. The Balaban J connectivity index is 2.01. The number of hydrogen-bond acceptors (Lipinski definition) is 5. The van der Waals surface area contributed by atoms with E-state index in [1.807, 2.05) is 6.07 Å². The van der Waals surface area contributed by atoms with Gasteiger partial charge in [-0.2, -0.15) is 0 Å². The molecule has 2 N–H and O–H groups in total. The molecule has 2 rings (SSSR count). The van der Waals surface area contributed by atoms with E-state index >= 15 is 0 Å². The number of morpholine rings is 1. The molecule has 112 valence electrons. The largest absolute Gasteiger partial charge is 0.496 e. The van der Waals surface area contributed by atoms with E-state index in [1.165, 1.54) is 11.1 Å². The first-order chi connectivity index (χ1) is 9.83. The Labute approximate surface area is 120 Å². The summed E-state index contributed by atoms with van der Waals surface area (Å²) in [7, 11) is 1.71. The zero-order valence-electron chi connectivity index (χ0n) is 12.1. The Kier molecular flexibility index (Phi) is 6.26. The van der Waals surface area contributed by atoms with Crippen molar-refractivity contribution in [2.45, 2.75) is 13.1 Å². The van der Waals surface area contributed by atoms with Crippen LogP contribution in [0, 0.1) is 0 Å². The fraction of sp³-hybridized carbons (Fsp3) is 0.600. The molecule has 0 saturated carbocycles. The maximum absolute atomic E-state index is 8.80. The number of ether oxygens (including phenoxy) is 2. The number of nitrogens with zero attached hydrogens (tertiary/aromatic N) is 1. The summed E-state index contributed by atoms with van der Waals surface area (Å²) in [6, 6.07) is 6.26. The minimum atomic E-state index is 0.163. The molecule has 5 heteroatoms. The summed E-state index contributed by atoms with van der Waals surface area (Å²) in [6.07, 6.45) is 0. The molecular weight excluding hydrogens is 256 g/mol. The molecule has 0 bridgehead atoms. The van der Waals surface area contributed by atoms with Gasteiger partial charge in [-0.3, -0.25) is 4.90 Å². The molecule has 1 aliphatic rings. The average molecular weight is 280 g/mol. The fourth-order valence-corrected chi connectivity index (χ4v) is 2.38. The summed E-state index contributed by atoms with van der Waals surface area (Å²) in [5, 5.41) is 12.0. The highest BCUT2D eigenvalue weighted by molar-refractivity contribution is 5.37. The van der Waals surface area contributed by atoms with Crippen LogP contribution < -0.4 is 10.1 Å². The highest BCUT2D eigenvalue weighted by Crippen LogP contribution is 2.22. The molecule has 0 unspecified atom stereocenters. The van der Waals surface area contributed by atoms with Gasteiger partial charge in [0.25, 0.3) is 0 Å². The van der Waals surface area contributed by atoms with Crippen molar-refractivity contribution < 1.29 is 14.6 Å². The van der Waals surface area contributed by atoms with E-state index in [0.29, 0.717) is 6.54 Å². The third-order valence-corrected chi connectivity index (χ3v) is 3.46. The molecule has 1 saturated heterocycles. The SMILES string of the molecule is COc1ccc(CNCCO)cc1CN1CCOCC1. The first kappa shape index (κ1) is 15.3. The van der Waals surface area contributed by atoms with Crippen LogP contribution in [0.5, 0.6) is 5.75 Å². The molecule has 1 aromatic carbocycles. The average Bonchev–Trinajstić information content (AvgIpc) is 2.49. The van der Waals surface area contributed by atoms with Crippen LogP contribution in [0.3, 0.4) is 0 Å². The zero-order valence-corrected chi connectivity index (χ0v) is 12.1. The van der Waals surface area contributed by atoms with Crippen molar-refractivity contribution in [2.24, 2.45) is 0 Å². The van der Waals surface area contributed by atoms with Crippen molar-refractivity contribution in [1.82, 2.24) is 10.2 Å². The van der Waals surface area contributed by atoms with Gasteiger partial charge in [-0.05, 0) is 17.7 Å². The van der Waals surface area contributed by atoms with E-state index in [9.17, 15) is 0 Å². The second-order valence-corrected chi connectivity index (χ2v) is 4.94. The Morgan fingerprint density at radius 2 is 2.15 bits per heavy atom. The maximum atomic E-state index is 8.80. The predicted octanol–water partition coefficient (Wildman–Crippen LogP) is 0.609. The number of benzene rings is 1. The Morgan fingerprint density at radius 3 is 2.85 bits per heavy atom. The minimum Gasteiger partial charge on any atom is -0.496 e. The minimum absolute atomic E-state index is 0.163. The molecule has 5 nitrogen and oxygen atoms in total. The highest BCUT2D eigenvalue weighted by Gasteiger charge is 2.13. The fourth-order valence-electron chi connectivity index (χ4n) is 2.38. The van der Waals surface area contributed by atoms with Crippen LogP contribution in [0.4, 0.5) is 0 Å². The number of methoxy groups -OCH3 is 1. The number of nitrogens with one attached hydrogen (secondary N) is 1. The second kappa shape index (κ2) is 8.21. The third-order valence-electron chi connectivity index (χ3n) is 3.46. The topological polar surface area (TPSA) is 54.0 Å². The Hall–Kier alpha value is -1.14. The summed E-state index contributed by atoms with van der Waals surface area (Å²) in [5.74, 6) is 0.933. The van der Waals surface area contributed by atoms with Gasteiger partial charge in [-0.1, -0.05) is 6.07 Å². The molecule has 1 heterocycles. The van der Waals surface area contributed by atoms with E-state index in [-0.39, 0.29) is 6.61 Å². The van der Waals surface area contributed by atoms with Gasteiger partial charge in [-0.15, -0.1) is 0 Å². The van der Waals surface area contributed by atoms with Crippen molar-refractivity contribution in [3.63, 3.8) is 0 Å². The summed E-state index contributed by atoms with van der Waals surface area (Å²) in [6.45, 7) is 5.98. The van der Waals surface area contributed by atoms with Gasteiger partial charge in [0.05, 0.1) is 26.9 Å². The molecule has 0 aromatic heterocycles. The molecule has 0 amide bonds. The van der Waals surface area contributed by atoms with E-state index in [2.05, 4.69) is 22.3 Å². The van der Waals surface area contributed by atoms with E-state index in [4.69, 9.17) is 14.6 Å². The molecule has 1 aromatic rings. The van der Waals surface area contributed by atoms with Crippen molar-refractivity contribution in [2.75, 3.05) is 46.6 Å². The maximum Gasteiger partial charge on any atom is 0.123 e. The standard InChI is InChI=1S/C15H24N2O3/c1-19-15-3-2-13(11-16-4-7-18)10-14(15)12-17-5-8-20-9-6-17/h2-3,10,16,18H,4-9,11-12H2,1H3. The van der Waals surface area contributed by atoms with Gasteiger partial charge in [0.15, 0.2) is 0 Å². The first-order valence-corrected chi connectivity index (χ1v) is 7.11. The van der Waals surface area contributed by atoms with Crippen LogP contribution in [0.1, 0.15) is 11.1 Å². The van der Waals surface area contributed by atoms with Crippen LogP contribution in [0.15, 0.2) is 18.2 Å². The van der Waals surface area contributed by atoms with Gasteiger partial charge in [0.2, 0.25) is 0 Å². The van der Waals surface area contributed by atoms with E-state index in [1.54, 1.807) is 7.11 Å². The van der Waals surface area contributed by atoms with Crippen molar-refractivity contribution >= 4 is 0 Å². The molecule has 0 radical (unpaired) electrons. The summed E-state index contributed by atoms with van der Waals surface area (Å²) >= 11 is 0. The van der Waals surface area contributed by atoms with Crippen molar-refractivity contribution in [1.29, 1.82) is 0 Å². The van der Waals surface area contributed by atoms with Gasteiger partial charge < -0.3 is 19.9 Å². The lowest BCUT2D eigenvalue weighted by molar-refractivity contribution is 0.0339. The van der Waals surface area contributed by atoms with Crippen LogP contribution in [-0.2, 0) is 17.8 Å². The summed E-state index contributed by atoms with van der Waals surface area (Å²) in [5.41, 5.74) is 2.42. The third kappa shape index (κ3) is 4.45. The van der Waals surface area contributed by atoms with Crippen molar-refractivity contribution in [3.05, 3.63) is 29.3 Å². The lowest BCUT2D eigenvalue weighted by Gasteiger charge is -2.27. The zero-order chi connectivity index (χ0) is 14.2. The lowest BCUT2D eigenvalue weighted by atomic mass is 10.1. The molecule has 1 fully saturated rings. The molecule has 20 heavy (non-hydrogen) atoms. The molecule has 0 aliphatic carbocycles. The van der Waals surface area contributed by atoms with E-state index in [0.717, 1.165) is 45.1 Å². The number of aliphatic hydroxyl groups is 1. The second-order valence-electron chi connectivity index (χ2n) is 4.94. The quantitative estimate of drug-likeness (QED) is 0.717. The Bertz CT molecular complexity index is 406.